The largest absolute Gasteiger partial charge is 0.574 e. The van der Waals surface area contributed by atoms with E-state index >= 15 is 0 Å². The van der Waals surface area contributed by atoms with Crippen molar-refractivity contribution in [3.63, 3.8) is 0 Å². The molecule has 1 heterocycles. The molecule has 108 valence electrons. The lowest BCUT2D eigenvalue weighted by Gasteiger charge is -2.16. The molecule has 4 nitrogen and oxygen atoms in total. The maximum atomic E-state index is 12.6. The second-order valence-electron chi connectivity index (χ2n) is 3.37. The van der Waals surface area contributed by atoms with Crippen LogP contribution in [0.15, 0.2) is 6.07 Å². The molecule has 10 heteroatoms. The Bertz CT molecular complexity index is 457. The van der Waals surface area contributed by atoms with Gasteiger partial charge < -0.3 is 15.6 Å². The van der Waals surface area contributed by atoms with Crippen LogP contribution < -0.4 is 10.5 Å². The van der Waals surface area contributed by atoms with Crippen LogP contribution in [0.2, 0.25) is 0 Å². The highest BCUT2D eigenvalue weighted by Gasteiger charge is 2.38. The zero-order valence-electron chi connectivity index (χ0n) is 9.14. The van der Waals surface area contributed by atoms with Crippen LogP contribution >= 0.6 is 0 Å². The van der Waals surface area contributed by atoms with Crippen LogP contribution in [0.25, 0.3) is 0 Å². The van der Waals surface area contributed by atoms with Gasteiger partial charge in [0.2, 0.25) is 5.88 Å². The summed E-state index contributed by atoms with van der Waals surface area (Å²) < 4.78 is 77.1. The molecule has 0 amide bonds. The summed E-state index contributed by atoms with van der Waals surface area (Å²) in [5.41, 5.74) is 2.41. The van der Waals surface area contributed by atoms with E-state index in [1.807, 2.05) is 0 Å². The molecule has 0 radical (unpaired) electrons. The first kappa shape index (κ1) is 15.5. The van der Waals surface area contributed by atoms with Crippen molar-refractivity contribution in [3.8, 4) is 5.88 Å². The molecule has 0 fully saturated rings. The van der Waals surface area contributed by atoms with E-state index in [4.69, 9.17) is 10.8 Å². The van der Waals surface area contributed by atoms with E-state index in [-0.39, 0.29) is 0 Å². The van der Waals surface area contributed by atoms with Crippen LogP contribution in [0.5, 0.6) is 5.88 Å². The zero-order chi connectivity index (χ0) is 14.8. The van der Waals surface area contributed by atoms with E-state index in [9.17, 15) is 26.3 Å². The molecule has 19 heavy (non-hydrogen) atoms. The zero-order valence-corrected chi connectivity index (χ0v) is 9.14. The Balaban J connectivity index is 3.38. The molecule has 0 saturated carbocycles. The van der Waals surface area contributed by atoms with Gasteiger partial charge >= 0.3 is 12.5 Å². The Kier molecular flexibility index (Phi) is 4.25. The maximum absolute atomic E-state index is 12.6. The molecule has 0 aliphatic rings. The van der Waals surface area contributed by atoms with Crippen molar-refractivity contribution in [2.45, 2.75) is 25.7 Å². The van der Waals surface area contributed by atoms with Crippen LogP contribution in [0.3, 0.4) is 0 Å². The minimum atomic E-state index is -5.22. The number of hydrogen-bond acceptors (Lipinski definition) is 4. The molecule has 0 spiro atoms. The molecule has 0 bridgehead atoms. The van der Waals surface area contributed by atoms with Crippen molar-refractivity contribution in [3.05, 3.63) is 22.9 Å². The number of aliphatic hydroxyl groups excluding tert-OH is 1. The lowest BCUT2D eigenvalue weighted by Crippen LogP contribution is -2.22. The van der Waals surface area contributed by atoms with Crippen LogP contribution in [-0.2, 0) is 19.3 Å². The molecule has 0 aliphatic heterocycles. The third kappa shape index (κ3) is 3.96. The molecule has 1 rings (SSSR count). The highest BCUT2D eigenvalue weighted by atomic mass is 19.4. The van der Waals surface area contributed by atoms with Crippen LogP contribution in [0.1, 0.15) is 16.8 Å². The van der Waals surface area contributed by atoms with Crippen molar-refractivity contribution in [1.82, 2.24) is 4.98 Å². The van der Waals surface area contributed by atoms with Crippen molar-refractivity contribution < 1.29 is 36.2 Å². The topological polar surface area (TPSA) is 68.4 Å². The predicted molar refractivity (Wildman–Crippen MR) is 49.7 cm³/mol. The summed E-state index contributed by atoms with van der Waals surface area (Å²) in [6.45, 7) is -1.56. The van der Waals surface area contributed by atoms with Crippen molar-refractivity contribution >= 4 is 0 Å². The van der Waals surface area contributed by atoms with E-state index in [2.05, 4.69) is 9.72 Å². The van der Waals surface area contributed by atoms with Gasteiger partial charge in [-0.05, 0) is 11.6 Å². The Morgan fingerprint density at radius 3 is 2.11 bits per heavy atom. The van der Waals surface area contributed by atoms with E-state index in [0.29, 0.717) is 6.07 Å². The predicted octanol–water partition coefficient (Wildman–Crippen LogP) is 1.95. The Hall–Kier alpha value is -1.55. The van der Waals surface area contributed by atoms with Gasteiger partial charge in [0.05, 0.1) is 6.61 Å². The van der Waals surface area contributed by atoms with Crippen LogP contribution in [0, 0.1) is 0 Å². The van der Waals surface area contributed by atoms with Gasteiger partial charge in [0.1, 0.15) is 0 Å². The third-order valence-electron chi connectivity index (χ3n) is 2.01. The van der Waals surface area contributed by atoms with Gasteiger partial charge in [-0.1, -0.05) is 0 Å². The fraction of sp³-hybridized carbons (Fsp3) is 0.444. The molecule has 0 atom stereocenters. The van der Waals surface area contributed by atoms with E-state index in [1.54, 1.807) is 0 Å². The lowest BCUT2D eigenvalue weighted by atomic mass is 10.1. The van der Waals surface area contributed by atoms with Crippen molar-refractivity contribution in [2.75, 3.05) is 0 Å². The quantitative estimate of drug-likeness (QED) is 0.835. The Morgan fingerprint density at radius 1 is 1.16 bits per heavy atom. The van der Waals surface area contributed by atoms with E-state index in [0.717, 1.165) is 0 Å². The number of aromatic nitrogens is 1. The number of alkyl halides is 6. The molecule has 1 aromatic heterocycles. The van der Waals surface area contributed by atoms with Gasteiger partial charge in [-0.2, -0.15) is 13.2 Å². The monoisotopic (exact) mass is 290 g/mol. The number of pyridine rings is 1. The number of rotatable bonds is 3. The summed E-state index contributed by atoms with van der Waals surface area (Å²) in [6, 6.07) is 0.677. The highest BCUT2D eigenvalue weighted by molar-refractivity contribution is 5.35. The van der Waals surface area contributed by atoms with Crippen molar-refractivity contribution in [2.24, 2.45) is 5.73 Å². The van der Waals surface area contributed by atoms with Gasteiger partial charge in [-0.25, -0.2) is 4.98 Å². The molecule has 0 aromatic carbocycles. The van der Waals surface area contributed by atoms with Gasteiger partial charge in [-0.3, -0.25) is 0 Å². The van der Waals surface area contributed by atoms with E-state index in [1.165, 1.54) is 0 Å². The first-order valence-corrected chi connectivity index (χ1v) is 4.75. The number of hydrogen-bond donors (Lipinski definition) is 2. The Labute approximate surface area is 102 Å². The van der Waals surface area contributed by atoms with E-state index < -0.39 is 48.4 Å². The van der Waals surface area contributed by atoms with Crippen molar-refractivity contribution in [1.29, 1.82) is 0 Å². The smallest absolute Gasteiger partial charge is 0.391 e. The molecule has 0 saturated heterocycles. The summed E-state index contributed by atoms with van der Waals surface area (Å²) in [7, 11) is 0. The summed E-state index contributed by atoms with van der Waals surface area (Å²) in [6.07, 6.45) is -10.2. The fourth-order valence-corrected chi connectivity index (χ4v) is 1.30. The standard InChI is InChI=1S/C9H8F6N2O2/c10-8(11,12)6-4(2-16)1-5(3-18)7(17-6)19-9(13,14)15/h1,18H,2-3,16H2. The molecular weight excluding hydrogens is 282 g/mol. The SMILES string of the molecule is NCc1cc(CO)c(OC(F)(F)F)nc1C(F)(F)F. The van der Waals surface area contributed by atoms with Gasteiger partial charge in [0.15, 0.2) is 5.69 Å². The maximum Gasteiger partial charge on any atom is 0.574 e. The molecule has 0 unspecified atom stereocenters. The van der Waals surface area contributed by atoms with Gasteiger partial charge in [0.25, 0.3) is 0 Å². The van der Waals surface area contributed by atoms with Gasteiger partial charge in [-0.15, -0.1) is 13.2 Å². The first-order chi connectivity index (χ1) is 8.58. The number of nitrogens with two attached hydrogens (primary N) is 1. The highest BCUT2D eigenvalue weighted by Crippen LogP contribution is 2.34. The van der Waals surface area contributed by atoms with Crippen LogP contribution in [-0.4, -0.2) is 16.5 Å². The molecule has 0 aliphatic carbocycles. The number of aliphatic hydroxyl groups is 1. The first-order valence-electron chi connectivity index (χ1n) is 4.75. The average molecular weight is 290 g/mol. The molecular formula is C9H8F6N2O2. The molecule has 1 aromatic rings. The molecule has 3 N–H and O–H groups in total. The average Bonchev–Trinajstić information content (AvgIpc) is 2.25. The van der Waals surface area contributed by atoms with Crippen LogP contribution in [0.4, 0.5) is 26.3 Å². The third-order valence-corrected chi connectivity index (χ3v) is 2.01. The van der Waals surface area contributed by atoms with Gasteiger partial charge in [0, 0.05) is 12.1 Å². The summed E-state index contributed by atoms with van der Waals surface area (Å²) >= 11 is 0. The number of nitrogens with zero attached hydrogens (tertiary/aromatic N) is 1. The normalized spacial score (nSPS) is 12.6. The lowest BCUT2D eigenvalue weighted by molar-refractivity contribution is -0.276. The second-order valence-corrected chi connectivity index (χ2v) is 3.37. The second kappa shape index (κ2) is 5.21. The summed E-state index contributed by atoms with van der Waals surface area (Å²) in [5, 5.41) is 8.82. The minimum Gasteiger partial charge on any atom is -0.391 e. The number of ether oxygens (including phenoxy) is 1. The Morgan fingerprint density at radius 2 is 1.74 bits per heavy atom. The number of halogens is 6. The minimum absolute atomic E-state index is 0.536. The summed E-state index contributed by atoms with van der Waals surface area (Å²) in [5.74, 6) is -1.35. The fourth-order valence-electron chi connectivity index (χ4n) is 1.30. The summed E-state index contributed by atoms with van der Waals surface area (Å²) in [4.78, 5) is 2.76.